The second-order valence-corrected chi connectivity index (χ2v) is 9.82. The third-order valence-corrected chi connectivity index (χ3v) is 7.22. The van der Waals surface area contributed by atoms with Gasteiger partial charge in [-0.15, -0.1) is 0 Å². The Hall–Kier alpha value is -3.25. The molecule has 192 valence electrons. The van der Waals surface area contributed by atoms with E-state index in [2.05, 4.69) is 47.3 Å². The maximum atomic E-state index is 13.6. The molecule has 0 bridgehead atoms. The third kappa shape index (κ3) is 5.54. The Kier molecular flexibility index (Phi) is 7.98. The first-order valence-corrected chi connectivity index (χ1v) is 12.6. The van der Waals surface area contributed by atoms with Crippen LogP contribution >= 0.6 is 39.1 Å². The van der Waals surface area contributed by atoms with Gasteiger partial charge in [0.2, 0.25) is 0 Å². The van der Waals surface area contributed by atoms with Gasteiger partial charge in [-0.25, -0.2) is 15.1 Å². The smallest absolute Gasteiger partial charge is 0.274 e. The predicted octanol–water partition coefficient (Wildman–Crippen LogP) is 4.62. The summed E-state index contributed by atoms with van der Waals surface area (Å²) in [5, 5.41) is 12.7. The number of pyridine rings is 1. The molecule has 0 aliphatic heterocycles. The molecule has 3 aromatic heterocycles. The standard InChI is InChI=1S/C24H23BrCl2N8O2/c1-12-8-15(26)9-17(23(36)31-28-4)21(12)30-24(37)19-10-16(11-34-14(3)20(25)13(2)32-34)33-35(19)22-18(27)6-5-7-29-22/h5-10,28H,11H2,1-4H3,(H,30,37)(H,31,36). The van der Waals surface area contributed by atoms with Crippen molar-refractivity contribution < 1.29 is 9.59 Å². The molecule has 4 aromatic rings. The lowest BCUT2D eigenvalue weighted by molar-refractivity contribution is 0.0939. The van der Waals surface area contributed by atoms with Crippen LogP contribution < -0.4 is 16.2 Å². The Balaban J connectivity index is 1.78. The summed E-state index contributed by atoms with van der Waals surface area (Å²) in [7, 11) is 1.56. The summed E-state index contributed by atoms with van der Waals surface area (Å²) < 4.78 is 4.08. The fourth-order valence-electron chi connectivity index (χ4n) is 3.79. The molecule has 0 unspecified atom stereocenters. The van der Waals surface area contributed by atoms with E-state index in [9.17, 15) is 9.59 Å². The molecule has 0 aliphatic carbocycles. The van der Waals surface area contributed by atoms with Crippen LogP contribution in [0, 0.1) is 20.8 Å². The number of hydrogen-bond acceptors (Lipinski definition) is 6. The van der Waals surface area contributed by atoms with Gasteiger partial charge in [-0.1, -0.05) is 23.2 Å². The van der Waals surface area contributed by atoms with Crippen LogP contribution in [0.5, 0.6) is 0 Å². The van der Waals surface area contributed by atoms with Gasteiger partial charge in [0, 0.05) is 18.3 Å². The molecule has 0 saturated heterocycles. The van der Waals surface area contributed by atoms with Crippen LogP contribution in [0.25, 0.3) is 5.82 Å². The number of nitrogens with zero attached hydrogens (tertiary/aromatic N) is 5. The number of carbonyl (C=O) groups is 2. The summed E-state index contributed by atoms with van der Waals surface area (Å²) in [6, 6.07) is 8.13. The first kappa shape index (κ1) is 26.8. The highest BCUT2D eigenvalue weighted by atomic mass is 79.9. The van der Waals surface area contributed by atoms with Gasteiger partial charge < -0.3 is 5.32 Å². The second kappa shape index (κ2) is 11.0. The molecule has 37 heavy (non-hydrogen) atoms. The van der Waals surface area contributed by atoms with Gasteiger partial charge in [-0.05, 0) is 72.6 Å². The van der Waals surface area contributed by atoms with Gasteiger partial charge in [-0.3, -0.25) is 19.7 Å². The van der Waals surface area contributed by atoms with Gasteiger partial charge in [0.1, 0.15) is 5.69 Å². The molecular weight excluding hydrogens is 583 g/mol. The van der Waals surface area contributed by atoms with Crippen molar-refractivity contribution in [2.45, 2.75) is 27.3 Å². The van der Waals surface area contributed by atoms with Crippen molar-refractivity contribution in [2.75, 3.05) is 12.4 Å². The summed E-state index contributed by atoms with van der Waals surface area (Å²) in [6.45, 7) is 5.89. The maximum Gasteiger partial charge on any atom is 0.274 e. The van der Waals surface area contributed by atoms with Crippen molar-refractivity contribution in [3.8, 4) is 5.82 Å². The van der Waals surface area contributed by atoms with Crippen LogP contribution in [0.4, 0.5) is 5.69 Å². The van der Waals surface area contributed by atoms with E-state index in [1.54, 1.807) is 49.1 Å². The van der Waals surface area contributed by atoms with Crippen molar-refractivity contribution in [2.24, 2.45) is 0 Å². The number of aryl methyl sites for hydroxylation is 2. The van der Waals surface area contributed by atoms with Crippen molar-refractivity contribution in [1.29, 1.82) is 0 Å². The first-order chi connectivity index (χ1) is 17.6. The van der Waals surface area contributed by atoms with Crippen LogP contribution in [0.1, 0.15) is 43.5 Å². The number of amides is 2. The Morgan fingerprint density at radius 2 is 1.84 bits per heavy atom. The third-order valence-electron chi connectivity index (χ3n) is 5.56. The number of nitrogens with one attached hydrogen (secondary N) is 3. The van der Waals surface area contributed by atoms with Gasteiger partial charge in [-0.2, -0.15) is 10.2 Å². The fourth-order valence-corrected chi connectivity index (χ4v) is 4.55. The quantitative estimate of drug-likeness (QED) is 0.265. The molecule has 0 saturated carbocycles. The molecule has 0 spiro atoms. The summed E-state index contributed by atoms with van der Waals surface area (Å²) in [4.78, 5) is 30.6. The summed E-state index contributed by atoms with van der Waals surface area (Å²) >= 11 is 16.1. The van der Waals surface area contributed by atoms with Crippen LogP contribution in [-0.4, -0.2) is 43.4 Å². The van der Waals surface area contributed by atoms with Crippen molar-refractivity contribution in [3.63, 3.8) is 0 Å². The van der Waals surface area contributed by atoms with Crippen LogP contribution in [0.2, 0.25) is 10.0 Å². The van der Waals surface area contributed by atoms with Gasteiger partial charge >= 0.3 is 0 Å². The van der Waals surface area contributed by atoms with E-state index in [1.807, 2.05) is 13.8 Å². The Bertz CT molecular complexity index is 1510. The van der Waals surface area contributed by atoms with Crippen LogP contribution in [-0.2, 0) is 6.54 Å². The van der Waals surface area contributed by atoms with E-state index in [1.165, 1.54) is 10.7 Å². The van der Waals surface area contributed by atoms with Crippen molar-refractivity contribution in [3.05, 3.63) is 84.9 Å². The highest BCUT2D eigenvalue weighted by molar-refractivity contribution is 9.10. The van der Waals surface area contributed by atoms with E-state index in [0.717, 1.165) is 15.9 Å². The molecular formula is C24H23BrCl2N8O2. The lowest BCUT2D eigenvalue weighted by Gasteiger charge is -2.15. The zero-order valence-electron chi connectivity index (χ0n) is 20.4. The predicted molar refractivity (Wildman–Crippen MR) is 146 cm³/mol. The molecule has 3 N–H and O–H groups in total. The minimum Gasteiger partial charge on any atom is -0.320 e. The first-order valence-electron chi connectivity index (χ1n) is 11.1. The van der Waals surface area contributed by atoms with E-state index >= 15 is 0 Å². The fraction of sp³-hybridized carbons (Fsp3) is 0.208. The number of anilines is 1. The van der Waals surface area contributed by atoms with Crippen molar-refractivity contribution >= 4 is 56.6 Å². The highest BCUT2D eigenvalue weighted by Gasteiger charge is 2.23. The van der Waals surface area contributed by atoms with Gasteiger partial charge in [0.15, 0.2) is 5.82 Å². The molecule has 10 nitrogen and oxygen atoms in total. The number of halogens is 3. The Labute approximate surface area is 231 Å². The molecule has 0 aliphatic rings. The van der Waals surface area contributed by atoms with Gasteiger partial charge in [0.05, 0.1) is 44.4 Å². The minimum atomic E-state index is -0.515. The summed E-state index contributed by atoms with van der Waals surface area (Å²) in [5.74, 6) is -0.685. The Morgan fingerprint density at radius 3 is 2.49 bits per heavy atom. The minimum absolute atomic E-state index is 0.172. The average molecular weight is 606 g/mol. The number of benzene rings is 1. The maximum absolute atomic E-state index is 13.6. The number of hydrazine groups is 1. The molecule has 0 fully saturated rings. The largest absolute Gasteiger partial charge is 0.320 e. The lowest BCUT2D eigenvalue weighted by atomic mass is 10.1. The van der Waals surface area contributed by atoms with Gasteiger partial charge in [0.25, 0.3) is 11.8 Å². The van der Waals surface area contributed by atoms with E-state index < -0.39 is 11.8 Å². The molecule has 1 aromatic carbocycles. The summed E-state index contributed by atoms with van der Waals surface area (Å²) in [6.07, 6.45) is 1.56. The van der Waals surface area contributed by atoms with Crippen LogP contribution in [0.3, 0.4) is 0 Å². The lowest BCUT2D eigenvalue weighted by Crippen LogP contribution is -2.35. The number of rotatable bonds is 7. The molecule has 3 heterocycles. The molecule has 0 atom stereocenters. The number of carbonyl (C=O) groups excluding carboxylic acids is 2. The zero-order valence-corrected chi connectivity index (χ0v) is 23.5. The molecule has 13 heteroatoms. The molecule has 0 radical (unpaired) electrons. The molecule has 2 amide bonds. The number of hydrogen-bond donors (Lipinski definition) is 3. The molecule has 4 rings (SSSR count). The summed E-state index contributed by atoms with van der Waals surface area (Å²) in [5.41, 5.74) is 8.70. The van der Waals surface area contributed by atoms with Crippen molar-refractivity contribution in [1.82, 2.24) is 35.4 Å². The zero-order chi connectivity index (χ0) is 26.9. The van der Waals surface area contributed by atoms with E-state index in [4.69, 9.17) is 23.2 Å². The average Bonchev–Trinajstić information content (AvgIpc) is 3.37. The second-order valence-electron chi connectivity index (χ2n) is 8.19. The highest BCUT2D eigenvalue weighted by Crippen LogP contribution is 2.28. The monoisotopic (exact) mass is 604 g/mol. The SMILES string of the molecule is CNNC(=O)c1cc(Cl)cc(C)c1NC(=O)c1cc(Cn2nc(C)c(Br)c2C)nn1-c1ncccc1Cl. The van der Waals surface area contributed by atoms with E-state index in [-0.39, 0.29) is 17.1 Å². The van der Waals surface area contributed by atoms with E-state index in [0.29, 0.717) is 33.5 Å². The number of aromatic nitrogens is 5. The Morgan fingerprint density at radius 1 is 1.08 bits per heavy atom. The van der Waals surface area contributed by atoms with Crippen LogP contribution in [0.15, 0.2) is 41.0 Å². The normalized spacial score (nSPS) is 11.0. The topological polar surface area (TPSA) is 119 Å².